The fraction of sp³-hybridized carbons (Fsp3) is 0.200. The van der Waals surface area contributed by atoms with Crippen molar-refractivity contribution in [2.24, 2.45) is 0 Å². The van der Waals surface area contributed by atoms with Crippen LogP contribution in [0, 0.1) is 0 Å². The molecule has 0 aliphatic rings. The lowest BCUT2D eigenvalue weighted by Crippen LogP contribution is -2.17. The van der Waals surface area contributed by atoms with Crippen molar-refractivity contribution in [3.8, 4) is 5.69 Å². The fourth-order valence-corrected chi connectivity index (χ4v) is 2.82. The summed E-state index contributed by atoms with van der Waals surface area (Å²) in [7, 11) is 3.58. The quantitative estimate of drug-likeness (QED) is 0.704. The van der Waals surface area contributed by atoms with E-state index in [0.29, 0.717) is 16.6 Å². The minimum atomic E-state index is -0.431. The second-order valence-corrected chi connectivity index (χ2v) is 6.02. The molecule has 0 amide bonds. The predicted octanol–water partition coefficient (Wildman–Crippen LogP) is 1.73. The van der Waals surface area contributed by atoms with E-state index in [9.17, 15) is 4.79 Å². The Labute approximate surface area is 142 Å². The molecule has 8 nitrogen and oxygen atoms in total. The van der Waals surface area contributed by atoms with Gasteiger partial charge in [-0.15, -0.1) is 11.3 Å². The zero-order valence-electron chi connectivity index (χ0n) is 13.2. The number of hydrogen-bond acceptors (Lipinski definition) is 8. The van der Waals surface area contributed by atoms with Crippen LogP contribution in [-0.2, 0) is 11.3 Å². The molecule has 0 atom stereocenters. The van der Waals surface area contributed by atoms with Crippen molar-refractivity contribution in [1.29, 1.82) is 0 Å². The highest BCUT2D eigenvalue weighted by atomic mass is 32.1. The van der Waals surface area contributed by atoms with Crippen LogP contribution < -0.4 is 10.6 Å². The number of carbonyl (C=O) groups excluding carboxylic acids is 1. The Morgan fingerprint density at radius 2 is 2.04 bits per heavy atom. The minimum absolute atomic E-state index is 0.0740. The molecular formula is C15H16N6O2S. The monoisotopic (exact) mass is 344 g/mol. The van der Waals surface area contributed by atoms with Crippen molar-refractivity contribution < 1.29 is 9.53 Å². The average molecular weight is 344 g/mol. The van der Waals surface area contributed by atoms with Gasteiger partial charge in [0.15, 0.2) is 12.4 Å². The first-order valence-corrected chi connectivity index (χ1v) is 7.98. The molecule has 0 aliphatic carbocycles. The Morgan fingerprint density at radius 1 is 1.29 bits per heavy atom. The Kier molecular flexibility index (Phi) is 4.43. The van der Waals surface area contributed by atoms with Gasteiger partial charge in [-0.25, -0.2) is 4.79 Å². The molecular weight excluding hydrogens is 328 g/mol. The zero-order valence-corrected chi connectivity index (χ0v) is 14.0. The molecule has 124 valence electrons. The molecule has 9 heteroatoms. The summed E-state index contributed by atoms with van der Waals surface area (Å²) in [5.74, 6) is 0.374. The van der Waals surface area contributed by atoms with Crippen LogP contribution in [0.5, 0.6) is 0 Å². The molecule has 0 fully saturated rings. The summed E-state index contributed by atoms with van der Waals surface area (Å²) < 4.78 is 7.19. The van der Waals surface area contributed by atoms with Gasteiger partial charge < -0.3 is 19.9 Å². The number of thiophene rings is 1. The molecule has 0 bridgehead atoms. The number of anilines is 2. The summed E-state index contributed by atoms with van der Waals surface area (Å²) in [4.78, 5) is 26.8. The number of esters is 1. The molecule has 2 N–H and O–H groups in total. The van der Waals surface area contributed by atoms with Crippen LogP contribution in [0.3, 0.4) is 0 Å². The Morgan fingerprint density at radius 3 is 2.75 bits per heavy atom. The Balaban J connectivity index is 1.74. The van der Waals surface area contributed by atoms with Crippen LogP contribution in [-0.4, -0.2) is 39.6 Å². The smallest absolute Gasteiger partial charge is 0.350 e. The van der Waals surface area contributed by atoms with E-state index < -0.39 is 5.97 Å². The topological polar surface area (TPSA) is 99.2 Å². The zero-order chi connectivity index (χ0) is 17.1. The van der Waals surface area contributed by atoms with Gasteiger partial charge in [0.1, 0.15) is 4.88 Å². The van der Waals surface area contributed by atoms with E-state index in [2.05, 4.69) is 15.0 Å². The number of carbonyl (C=O) groups is 1. The maximum atomic E-state index is 12.4. The second kappa shape index (κ2) is 6.67. The highest BCUT2D eigenvalue weighted by molar-refractivity contribution is 7.12. The molecule has 3 heterocycles. The third kappa shape index (κ3) is 3.35. The van der Waals surface area contributed by atoms with E-state index in [-0.39, 0.29) is 12.6 Å². The highest BCUT2D eigenvalue weighted by Gasteiger charge is 2.17. The van der Waals surface area contributed by atoms with Gasteiger partial charge in [-0.05, 0) is 23.6 Å². The van der Waals surface area contributed by atoms with Crippen molar-refractivity contribution in [2.45, 2.75) is 6.61 Å². The fourth-order valence-electron chi connectivity index (χ4n) is 2.04. The Hall–Kier alpha value is -2.94. The van der Waals surface area contributed by atoms with E-state index in [4.69, 9.17) is 10.5 Å². The van der Waals surface area contributed by atoms with Crippen LogP contribution in [0.15, 0.2) is 36.0 Å². The minimum Gasteiger partial charge on any atom is -0.453 e. The maximum Gasteiger partial charge on any atom is 0.350 e. The summed E-state index contributed by atoms with van der Waals surface area (Å²) in [6.07, 6.45) is 3.74. The van der Waals surface area contributed by atoms with Crippen molar-refractivity contribution in [3.05, 3.63) is 46.7 Å². The largest absolute Gasteiger partial charge is 0.453 e. The van der Waals surface area contributed by atoms with E-state index in [1.807, 2.05) is 40.5 Å². The molecule has 0 aliphatic heterocycles. The third-order valence-corrected chi connectivity index (χ3v) is 4.02. The van der Waals surface area contributed by atoms with Crippen LogP contribution >= 0.6 is 11.3 Å². The number of nitrogens with zero attached hydrogens (tertiary/aromatic N) is 5. The first-order chi connectivity index (χ1) is 11.5. The molecule has 0 radical (unpaired) electrons. The summed E-state index contributed by atoms with van der Waals surface area (Å²) >= 11 is 1.32. The van der Waals surface area contributed by atoms with Gasteiger partial charge in [0.2, 0.25) is 11.9 Å². The summed E-state index contributed by atoms with van der Waals surface area (Å²) in [5.41, 5.74) is 6.43. The Bertz CT molecular complexity index is 844. The lowest BCUT2D eigenvalue weighted by atomic mass is 10.4. The van der Waals surface area contributed by atoms with E-state index in [0.717, 1.165) is 5.69 Å². The van der Waals surface area contributed by atoms with E-state index in [1.54, 1.807) is 19.0 Å². The average Bonchev–Trinajstić information content (AvgIpc) is 3.22. The summed E-state index contributed by atoms with van der Waals surface area (Å²) in [6, 6.07) is 5.65. The number of ether oxygens (including phenoxy) is 1. The normalized spacial score (nSPS) is 10.6. The summed E-state index contributed by atoms with van der Waals surface area (Å²) in [5, 5.41) is 1.84. The molecule has 0 aromatic carbocycles. The highest BCUT2D eigenvalue weighted by Crippen LogP contribution is 2.22. The number of rotatable bonds is 5. The lowest BCUT2D eigenvalue weighted by molar-refractivity contribution is 0.0468. The number of nitrogens with two attached hydrogens (primary N) is 1. The molecule has 3 aromatic heterocycles. The molecule has 0 unspecified atom stereocenters. The molecule has 0 saturated carbocycles. The standard InChI is InChI=1S/C15H16N6O2S/c1-20(2)15-18-11(17-14(16)19-15)9-23-13(22)12-10(5-8-24-12)21-6-3-4-7-21/h3-8H,9H2,1-2H3,(H2,16,17,18,19). The van der Waals surface area contributed by atoms with E-state index in [1.165, 1.54) is 11.3 Å². The lowest BCUT2D eigenvalue weighted by Gasteiger charge is -2.11. The van der Waals surface area contributed by atoms with Gasteiger partial charge in [-0.3, -0.25) is 0 Å². The van der Waals surface area contributed by atoms with E-state index >= 15 is 0 Å². The first-order valence-electron chi connectivity index (χ1n) is 7.10. The van der Waals surface area contributed by atoms with Crippen LogP contribution in [0.1, 0.15) is 15.5 Å². The molecule has 24 heavy (non-hydrogen) atoms. The van der Waals surface area contributed by atoms with Crippen molar-refractivity contribution >= 4 is 29.2 Å². The second-order valence-electron chi connectivity index (χ2n) is 5.11. The van der Waals surface area contributed by atoms with Crippen LogP contribution in [0.25, 0.3) is 5.69 Å². The van der Waals surface area contributed by atoms with Crippen molar-refractivity contribution in [3.63, 3.8) is 0 Å². The van der Waals surface area contributed by atoms with Crippen molar-refractivity contribution in [1.82, 2.24) is 19.5 Å². The van der Waals surface area contributed by atoms with Gasteiger partial charge in [-0.1, -0.05) is 0 Å². The van der Waals surface area contributed by atoms with Crippen molar-refractivity contribution in [2.75, 3.05) is 24.7 Å². The molecule has 3 rings (SSSR count). The number of hydrogen-bond donors (Lipinski definition) is 1. The third-order valence-electron chi connectivity index (χ3n) is 3.13. The number of aromatic nitrogens is 4. The predicted molar refractivity (Wildman–Crippen MR) is 91.3 cm³/mol. The van der Waals surface area contributed by atoms with Gasteiger partial charge in [0.05, 0.1) is 5.69 Å². The molecule has 0 saturated heterocycles. The summed E-state index contributed by atoms with van der Waals surface area (Å²) in [6.45, 7) is -0.0740. The van der Waals surface area contributed by atoms with Crippen LogP contribution in [0.4, 0.5) is 11.9 Å². The van der Waals surface area contributed by atoms with Gasteiger partial charge in [0, 0.05) is 26.5 Å². The SMILES string of the molecule is CN(C)c1nc(N)nc(COC(=O)c2sccc2-n2cccc2)n1. The number of nitrogen functional groups attached to an aromatic ring is 1. The maximum absolute atomic E-state index is 12.4. The first kappa shape index (κ1) is 15.9. The molecule has 0 spiro atoms. The molecule has 3 aromatic rings. The van der Waals surface area contributed by atoms with Gasteiger partial charge in [0.25, 0.3) is 0 Å². The van der Waals surface area contributed by atoms with Gasteiger partial charge >= 0.3 is 5.97 Å². The van der Waals surface area contributed by atoms with Gasteiger partial charge in [-0.2, -0.15) is 15.0 Å². The van der Waals surface area contributed by atoms with Crippen LogP contribution in [0.2, 0.25) is 0 Å².